The topological polar surface area (TPSA) is 161 Å². The van der Waals surface area contributed by atoms with Crippen LogP contribution in [0.25, 0.3) is 5.52 Å². The molecule has 0 saturated carbocycles. The van der Waals surface area contributed by atoms with Gasteiger partial charge in [0.05, 0.1) is 5.56 Å². The van der Waals surface area contributed by atoms with Crippen molar-refractivity contribution in [1.29, 1.82) is 0 Å². The number of aromatic nitrogens is 3. The first-order chi connectivity index (χ1) is 19.2. The lowest BCUT2D eigenvalue weighted by molar-refractivity contribution is -0.146. The fraction of sp³-hybridized carbons (Fsp3) is 0.296. The number of nitrogens with zero attached hydrogens (tertiary/aromatic N) is 4. The van der Waals surface area contributed by atoms with Crippen LogP contribution in [0.3, 0.4) is 0 Å². The largest absolute Gasteiger partial charge is 0.425 e. The van der Waals surface area contributed by atoms with Gasteiger partial charge in [0, 0.05) is 36.6 Å². The molecule has 0 saturated heterocycles. The number of allylic oxidation sites excluding steroid dienone is 1. The Morgan fingerprint density at radius 1 is 1.12 bits per heavy atom. The lowest BCUT2D eigenvalue weighted by atomic mass is 10.1. The highest BCUT2D eigenvalue weighted by Crippen LogP contribution is 2.28. The number of rotatable bonds is 11. The third-order valence-electron chi connectivity index (χ3n) is 5.82. The third-order valence-corrected chi connectivity index (χ3v) is 5.82. The van der Waals surface area contributed by atoms with Gasteiger partial charge in [-0.25, -0.2) is 24.0 Å². The van der Waals surface area contributed by atoms with E-state index in [4.69, 9.17) is 4.74 Å². The number of anilines is 2. The fourth-order valence-corrected chi connectivity index (χ4v) is 3.73. The minimum atomic E-state index is -1.01. The van der Waals surface area contributed by atoms with Crippen LogP contribution in [0.15, 0.2) is 42.9 Å². The van der Waals surface area contributed by atoms with Crippen LogP contribution in [0.5, 0.6) is 0 Å². The number of imide groups is 1. The predicted octanol–water partition coefficient (Wildman–Crippen LogP) is 3.08. The number of carbonyl (C=O) groups is 5. The molecule has 0 aliphatic heterocycles. The number of fused-ring (bicyclic) bond motifs is 1. The van der Waals surface area contributed by atoms with Gasteiger partial charge >= 0.3 is 12.1 Å². The Morgan fingerprint density at radius 3 is 2.60 bits per heavy atom. The number of hydrogen-bond donors (Lipinski definition) is 2. The zero-order valence-corrected chi connectivity index (χ0v) is 22.6. The number of nitrogens with one attached hydrogen (secondary N) is 2. The molecule has 0 radical (unpaired) electrons. The summed E-state index contributed by atoms with van der Waals surface area (Å²) in [6, 6.07) is 4.85. The number of aryl methyl sites for hydroxylation is 2. The number of ether oxygens (including phenoxy) is 2. The Balaban J connectivity index is 1.81. The van der Waals surface area contributed by atoms with Crippen LogP contribution in [0.1, 0.15) is 52.1 Å². The molecule has 13 nitrogen and oxygen atoms in total. The molecule has 1 aromatic carbocycles. The predicted molar refractivity (Wildman–Crippen MR) is 144 cm³/mol. The third kappa shape index (κ3) is 6.87. The van der Waals surface area contributed by atoms with Gasteiger partial charge < -0.3 is 20.1 Å². The van der Waals surface area contributed by atoms with E-state index in [9.17, 15) is 24.0 Å². The summed E-state index contributed by atoms with van der Waals surface area (Å²) in [6.45, 7) is 7.01. The SMILES string of the molecule is CCCNC(=O)c1cn2ncnc(Nc3cc(C(=O)N(CC)C(=O)OCOC(=O)/C=C/C=O)ccc3C)c2c1C. The first kappa shape index (κ1) is 29.5. The quantitative estimate of drug-likeness (QED) is 0.157. The first-order valence-electron chi connectivity index (χ1n) is 12.5. The van der Waals surface area contributed by atoms with Crippen LogP contribution in [-0.2, 0) is 19.1 Å². The van der Waals surface area contributed by atoms with E-state index in [1.165, 1.54) is 6.33 Å². The number of amides is 3. The van der Waals surface area contributed by atoms with E-state index >= 15 is 0 Å². The van der Waals surface area contributed by atoms with Crippen LogP contribution >= 0.6 is 0 Å². The summed E-state index contributed by atoms with van der Waals surface area (Å²) < 4.78 is 11.1. The van der Waals surface area contributed by atoms with Gasteiger partial charge in [-0.05, 0) is 56.5 Å². The van der Waals surface area contributed by atoms with Crippen LogP contribution in [0.4, 0.5) is 16.3 Å². The summed E-state index contributed by atoms with van der Waals surface area (Å²) in [5.41, 5.74) is 3.28. The number of carbonyl (C=O) groups excluding carboxylic acids is 5. The summed E-state index contributed by atoms with van der Waals surface area (Å²) in [6.07, 6.45) is 4.98. The van der Waals surface area contributed by atoms with Crippen molar-refractivity contribution in [1.82, 2.24) is 24.8 Å². The Kier molecular flexibility index (Phi) is 10.1. The average molecular weight is 551 g/mol. The number of esters is 1. The van der Waals surface area contributed by atoms with E-state index in [1.54, 1.807) is 42.8 Å². The van der Waals surface area contributed by atoms with Crippen molar-refractivity contribution in [3.63, 3.8) is 0 Å². The lowest BCUT2D eigenvalue weighted by Crippen LogP contribution is -2.37. The highest BCUT2D eigenvalue weighted by atomic mass is 16.7. The minimum Gasteiger partial charge on any atom is -0.425 e. The van der Waals surface area contributed by atoms with E-state index in [-0.39, 0.29) is 18.0 Å². The van der Waals surface area contributed by atoms with Gasteiger partial charge in [-0.2, -0.15) is 5.10 Å². The molecule has 0 spiro atoms. The molecule has 0 unspecified atom stereocenters. The molecule has 40 heavy (non-hydrogen) atoms. The van der Waals surface area contributed by atoms with E-state index in [1.807, 2.05) is 13.8 Å². The molecular weight excluding hydrogens is 520 g/mol. The van der Waals surface area contributed by atoms with Gasteiger partial charge in [0.15, 0.2) is 5.82 Å². The average Bonchev–Trinajstić information content (AvgIpc) is 3.29. The van der Waals surface area contributed by atoms with E-state index in [2.05, 4.69) is 25.5 Å². The smallest absolute Gasteiger partial charge is 0.419 e. The monoisotopic (exact) mass is 550 g/mol. The van der Waals surface area contributed by atoms with Crippen molar-refractivity contribution in [3.8, 4) is 0 Å². The molecule has 210 valence electrons. The van der Waals surface area contributed by atoms with Crippen LogP contribution < -0.4 is 10.6 Å². The summed E-state index contributed by atoms with van der Waals surface area (Å²) in [4.78, 5) is 65.1. The molecule has 3 amide bonds. The maximum atomic E-state index is 13.2. The van der Waals surface area contributed by atoms with Gasteiger partial charge in [-0.1, -0.05) is 13.0 Å². The maximum Gasteiger partial charge on any atom is 0.419 e. The molecule has 13 heteroatoms. The number of aldehydes is 1. The highest BCUT2D eigenvalue weighted by molar-refractivity contribution is 6.04. The zero-order chi connectivity index (χ0) is 29.2. The van der Waals surface area contributed by atoms with Crippen LogP contribution in [0.2, 0.25) is 0 Å². The molecular formula is C27H30N6O7. The normalized spacial score (nSPS) is 10.8. The second-order valence-electron chi connectivity index (χ2n) is 8.52. The number of benzene rings is 1. The molecule has 2 N–H and O–H groups in total. The minimum absolute atomic E-state index is 0.00789. The van der Waals surface area contributed by atoms with Gasteiger partial charge in [-0.15, -0.1) is 0 Å². The molecule has 0 bridgehead atoms. The van der Waals surface area contributed by atoms with Crippen LogP contribution in [-0.4, -0.2) is 69.5 Å². The van der Waals surface area contributed by atoms with Gasteiger partial charge in [-0.3, -0.25) is 14.4 Å². The molecule has 2 aromatic heterocycles. The van der Waals surface area contributed by atoms with Crippen molar-refractivity contribution in [2.45, 2.75) is 34.1 Å². The van der Waals surface area contributed by atoms with Gasteiger partial charge in [0.25, 0.3) is 11.8 Å². The Morgan fingerprint density at radius 2 is 1.90 bits per heavy atom. The molecule has 3 aromatic rings. The summed E-state index contributed by atoms with van der Waals surface area (Å²) in [5.74, 6) is -1.30. The first-order valence-corrected chi connectivity index (χ1v) is 12.5. The summed E-state index contributed by atoms with van der Waals surface area (Å²) >= 11 is 0. The van der Waals surface area contributed by atoms with E-state index < -0.39 is 24.8 Å². The van der Waals surface area contributed by atoms with E-state index in [0.29, 0.717) is 41.0 Å². The van der Waals surface area contributed by atoms with Gasteiger partial charge in [0.2, 0.25) is 6.79 Å². The van der Waals surface area contributed by atoms with Crippen molar-refractivity contribution in [2.24, 2.45) is 0 Å². The Hall–Kier alpha value is -5.07. The van der Waals surface area contributed by atoms with Crippen molar-refractivity contribution >= 4 is 47.2 Å². The second kappa shape index (κ2) is 13.6. The standard InChI is InChI=1S/C27H30N6O7/c1-5-11-28-25(36)20-14-33-23(18(20)4)24(29-15-30-33)31-21-13-19(10-9-17(21)3)26(37)32(6-2)27(38)40-16-39-22(35)8-7-12-34/h7-10,12-15H,5-6,11,16H2,1-4H3,(H,28,36)(H,29,30,31)/b8-7+. The Labute approximate surface area is 230 Å². The molecule has 0 aliphatic rings. The van der Waals surface area contributed by atoms with E-state index in [0.717, 1.165) is 29.0 Å². The summed E-state index contributed by atoms with van der Waals surface area (Å²) in [7, 11) is 0. The second-order valence-corrected chi connectivity index (χ2v) is 8.52. The fourth-order valence-electron chi connectivity index (χ4n) is 3.73. The summed E-state index contributed by atoms with van der Waals surface area (Å²) in [5, 5.41) is 10.3. The lowest BCUT2D eigenvalue weighted by Gasteiger charge is -2.19. The van der Waals surface area contributed by atoms with Crippen LogP contribution in [0, 0.1) is 13.8 Å². The Bertz CT molecular complexity index is 1460. The van der Waals surface area contributed by atoms with Crippen molar-refractivity contribution in [2.75, 3.05) is 25.2 Å². The molecule has 0 atom stereocenters. The molecule has 2 heterocycles. The zero-order valence-electron chi connectivity index (χ0n) is 22.6. The highest BCUT2D eigenvalue weighted by Gasteiger charge is 2.24. The molecule has 0 fully saturated rings. The maximum absolute atomic E-state index is 13.2. The van der Waals surface area contributed by atoms with Crippen molar-refractivity contribution < 1.29 is 33.4 Å². The molecule has 0 aliphatic carbocycles. The number of hydrogen-bond acceptors (Lipinski definition) is 10. The molecule has 3 rings (SSSR count). The van der Waals surface area contributed by atoms with Gasteiger partial charge in [0.1, 0.15) is 18.1 Å². The van der Waals surface area contributed by atoms with Crippen molar-refractivity contribution in [3.05, 3.63) is 65.1 Å².